The maximum atomic E-state index is 13.2. The number of quaternary nitrogens is 1. The van der Waals surface area contributed by atoms with Gasteiger partial charge in [0.05, 0.1) is 24.6 Å². The molecule has 1 unspecified atom stereocenters. The Hall–Kier alpha value is -2.40. The Morgan fingerprint density at radius 3 is 2.78 bits per heavy atom. The summed E-state index contributed by atoms with van der Waals surface area (Å²) in [6, 6.07) is 12.5. The van der Waals surface area contributed by atoms with Gasteiger partial charge in [-0.25, -0.2) is 5.01 Å². The largest absolute Gasteiger partial charge is 0.467 e. The van der Waals surface area contributed by atoms with E-state index >= 15 is 0 Å². The summed E-state index contributed by atoms with van der Waals surface area (Å²) in [6.45, 7) is 5.89. The van der Waals surface area contributed by atoms with Crippen molar-refractivity contribution in [1.82, 2.24) is 5.01 Å². The number of rotatable bonds is 4. The Morgan fingerprint density at radius 2 is 2.07 bits per heavy atom. The van der Waals surface area contributed by atoms with Gasteiger partial charge in [-0.15, -0.1) is 0 Å². The van der Waals surface area contributed by atoms with Crippen molar-refractivity contribution in [3.63, 3.8) is 0 Å². The molecule has 1 amide bonds. The van der Waals surface area contributed by atoms with Crippen LogP contribution in [0.15, 0.2) is 52.2 Å². The van der Waals surface area contributed by atoms with E-state index in [2.05, 4.69) is 38.1 Å². The van der Waals surface area contributed by atoms with Crippen LogP contribution >= 0.6 is 0 Å². The van der Waals surface area contributed by atoms with Crippen LogP contribution in [0, 0.1) is 6.92 Å². The fourth-order valence-corrected chi connectivity index (χ4v) is 4.15. The minimum absolute atomic E-state index is 0.0854. The number of aryl methyl sites for hydroxylation is 1. The predicted octanol–water partition coefficient (Wildman–Crippen LogP) is 2.72. The lowest BCUT2D eigenvalue weighted by molar-refractivity contribution is -0.921. The first-order valence-corrected chi connectivity index (χ1v) is 9.96. The second-order valence-electron chi connectivity index (χ2n) is 7.87. The van der Waals surface area contributed by atoms with Gasteiger partial charge in [-0.2, -0.15) is 5.10 Å². The number of hydrogen-bond donors (Lipinski definition) is 1. The van der Waals surface area contributed by atoms with E-state index in [1.807, 2.05) is 12.1 Å². The zero-order valence-corrected chi connectivity index (χ0v) is 16.1. The molecule has 0 bridgehead atoms. The van der Waals surface area contributed by atoms with Crippen LogP contribution in [0.4, 0.5) is 0 Å². The van der Waals surface area contributed by atoms with Gasteiger partial charge in [-0.3, -0.25) is 4.79 Å². The van der Waals surface area contributed by atoms with Gasteiger partial charge in [-0.1, -0.05) is 29.8 Å². The summed E-state index contributed by atoms with van der Waals surface area (Å²) in [4.78, 5) is 14.5. The van der Waals surface area contributed by atoms with Gasteiger partial charge in [0, 0.05) is 6.42 Å². The molecule has 1 aromatic heterocycles. The average molecular weight is 366 g/mol. The van der Waals surface area contributed by atoms with Gasteiger partial charge < -0.3 is 9.32 Å². The van der Waals surface area contributed by atoms with Crippen LogP contribution in [0.2, 0.25) is 0 Å². The van der Waals surface area contributed by atoms with Gasteiger partial charge in [0.2, 0.25) is 0 Å². The van der Waals surface area contributed by atoms with Crippen LogP contribution in [-0.2, 0) is 4.79 Å². The molecule has 1 N–H and O–H groups in total. The smallest absolute Gasteiger partial charge is 0.298 e. The summed E-state index contributed by atoms with van der Waals surface area (Å²) >= 11 is 0. The number of nitrogens with one attached hydrogen (secondary N) is 1. The summed E-state index contributed by atoms with van der Waals surface area (Å²) in [5.74, 6) is 0.887. The quantitative estimate of drug-likeness (QED) is 0.905. The van der Waals surface area contributed by atoms with E-state index in [1.165, 1.54) is 29.7 Å². The molecule has 2 aliphatic rings. The molecule has 1 fully saturated rings. The molecule has 27 heavy (non-hydrogen) atoms. The van der Waals surface area contributed by atoms with Crippen molar-refractivity contribution in [2.75, 3.05) is 13.1 Å². The number of benzene rings is 1. The monoisotopic (exact) mass is 366 g/mol. The van der Waals surface area contributed by atoms with Gasteiger partial charge in [0.15, 0.2) is 6.54 Å². The molecular weight excluding hydrogens is 338 g/mol. The van der Waals surface area contributed by atoms with Gasteiger partial charge in [0.1, 0.15) is 11.8 Å². The molecule has 3 atom stereocenters. The minimum atomic E-state index is -0.150. The molecule has 5 heteroatoms. The Kier molecular flexibility index (Phi) is 5.12. The number of carbonyl (C=O) groups excluding carboxylic acids is 1. The number of carbonyl (C=O) groups is 1. The number of furan rings is 1. The molecule has 5 nitrogen and oxygen atoms in total. The van der Waals surface area contributed by atoms with Gasteiger partial charge in [-0.05, 0) is 50.8 Å². The van der Waals surface area contributed by atoms with Crippen molar-refractivity contribution in [1.29, 1.82) is 0 Å². The molecule has 142 valence electrons. The van der Waals surface area contributed by atoms with Crippen LogP contribution in [0.1, 0.15) is 55.5 Å². The third-order valence-electron chi connectivity index (χ3n) is 5.88. The normalized spacial score (nSPS) is 25.5. The van der Waals surface area contributed by atoms with E-state index in [0.717, 1.165) is 23.6 Å². The molecule has 0 spiro atoms. The zero-order chi connectivity index (χ0) is 18.8. The van der Waals surface area contributed by atoms with Crippen molar-refractivity contribution in [3.8, 4) is 0 Å². The maximum Gasteiger partial charge on any atom is 0.298 e. The molecule has 2 aliphatic heterocycles. The highest BCUT2D eigenvalue weighted by Gasteiger charge is 2.37. The van der Waals surface area contributed by atoms with E-state index < -0.39 is 0 Å². The Balaban J connectivity index is 1.57. The van der Waals surface area contributed by atoms with Crippen molar-refractivity contribution in [2.24, 2.45) is 5.10 Å². The number of piperidine rings is 1. The molecule has 3 heterocycles. The second-order valence-corrected chi connectivity index (χ2v) is 7.87. The lowest BCUT2D eigenvalue weighted by Crippen LogP contribution is -3.17. The lowest BCUT2D eigenvalue weighted by Gasteiger charge is -2.31. The molecule has 1 aromatic carbocycles. The first-order valence-electron chi connectivity index (χ1n) is 9.96. The predicted molar refractivity (Wildman–Crippen MR) is 105 cm³/mol. The van der Waals surface area contributed by atoms with E-state index in [4.69, 9.17) is 9.52 Å². The molecular formula is C22H28N3O2+. The molecule has 1 saturated heterocycles. The van der Waals surface area contributed by atoms with E-state index in [-0.39, 0.29) is 11.9 Å². The second kappa shape index (κ2) is 7.69. The number of likely N-dealkylation sites (tertiary alicyclic amines) is 1. The Labute approximate surface area is 160 Å². The van der Waals surface area contributed by atoms with Crippen LogP contribution < -0.4 is 4.90 Å². The highest BCUT2D eigenvalue weighted by atomic mass is 16.3. The first-order chi connectivity index (χ1) is 13.1. The number of nitrogens with zero attached hydrogens (tertiary/aromatic N) is 2. The van der Waals surface area contributed by atoms with Crippen molar-refractivity contribution < 1.29 is 14.1 Å². The molecule has 0 radical (unpaired) electrons. The first kappa shape index (κ1) is 18.0. The van der Waals surface area contributed by atoms with Gasteiger partial charge >= 0.3 is 0 Å². The lowest BCUT2D eigenvalue weighted by atomic mass is 10.0. The average Bonchev–Trinajstić information content (AvgIpc) is 3.33. The third kappa shape index (κ3) is 3.83. The van der Waals surface area contributed by atoms with Crippen LogP contribution in [0.3, 0.4) is 0 Å². The van der Waals surface area contributed by atoms with Crippen LogP contribution in [0.25, 0.3) is 0 Å². The standard InChI is InChI=1S/C22H27N3O2/c1-16-8-10-18(11-9-16)19-14-20(21-7-5-13-27-21)25(23-19)22(26)15-24-12-4-3-6-17(24)2/h5,7-11,13,17,20H,3-4,6,12,14-15H2,1-2H3/p+1/t17-,20+/m0/s1. The van der Waals surface area contributed by atoms with Gasteiger partial charge in [0.25, 0.3) is 5.91 Å². The molecule has 0 aliphatic carbocycles. The van der Waals surface area contributed by atoms with Crippen molar-refractivity contribution >= 4 is 11.6 Å². The summed E-state index contributed by atoms with van der Waals surface area (Å²) in [5, 5.41) is 6.41. The Morgan fingerprint density at radius 1 is 1.26 bits per heavy atom. The van der Waals surface area contributed by atoms with E-state index in [1.54, 1.807) is 11.3 Å². The summed E-state index contributed by atoms with van der Waals surface area (Å²) in [6.07, 6.45) is 6.02. The number of amides is 1. The Bertz CT molecular complexity index is 811. The number of hydrogen-bond acceptors (Lipinski definition) is 3. The number of hydrazone groups is 1. The van der Waals surface area contributed by atoms with Crippen molar-refractivity contribution in [3.05, 3.63) is 59.5 Å². The highest BCUT2D eigenvalue weighted by molar-refractivity contribution is 6.03. The summed E-state index contributed by atoms with van der Waals surface area (Å²) in [7, 11) is 0. The fraction of sp³-hybridized carbons (Fsp3) is 0.455. The van der Waals surface area contributed by atoms with E-state index in [0.29, 0.717) is 19.0 Å². The summed E-state index contributed by atoms with van der Waals surface area (Å²) in [5.41, 5.74) is 3.24. The fourth-order valence-electron chi connectivity index (χ4n) is 4.15. The zero-order valence-electron chi connectivity index (χ0n) is 16.1. The molecule has 2 aromatic rings. The highest BCUT2D eigenvalue weighted by Crippen LogP contribution is 2.32. The summed E-state index contributed by atoms with van der Waals surface area (Å²) < 4.78 is 5.64. The maximum absolute atomic E-state index is 13.2. The topological polar surface area (TPSA) is 50.2 Å². The molecule has 0 saturated carbocycles. The van der Waals surface area contributed by atoms with E-state index in [9.17, 15) is 4.79 Å². The van der Waals surface area contributed by atoms with Crippen LogP contribution in [-0.4, -0.2) is 35.8 Å². The van der Waals surface area contributed by atoms with Crippen molar-refractivity contribution in [2.45, 2.75) is 51.6 Å². The third-order valence-corrected chi connectivity index (χ3v) is 5.88. The SMILES string of the molecule is Cc1ccc(C2=NN(C(=O)C[NH+]3CCCC[C@@H]3C)[C@@H](c3ccco3)C2)cc1. The minimum Gasteiger partial charge on any atom is -0.467 e. The van der Waals surface area contributed by atoms with Crippen LogP contribution in [0.5, 0.6) is 0 Å². The molecule has 4 rings (SSSR count).